The fraction of sp³-hybridized carbons (Fsp3) is 0.200. The third-order valence-electron chi connectivity index (χ3n) is 3.24. The van der Waals surface area contributed by atoms with Gasteiger partial charge in [0.1, 0.15) is 0 Å². The first kappa shape index (κ1) is 14.4. The van der Waals surface area contributed by atoms with Gasteiger partial charge in [-0.3, -0.25) is 4.72 Å². The van der Waals surface area contributed by atoms with Gasteiger partial charge in [0.15, 0.2) is 0 Å². The first-order chi connectivity index (χ1) is 9.31. The van der Waals surface area contributed by atoms with Gasteiger partial charge in [-0.05, 0) is 50.1 Å². The minimum Gasteiger partial charge on any atom is -0.398 e. The summed E-state index contributed by atoms with van der Waals surface area (Å²) in [6.07, 6.45) is 0. The number of aryl methyl sites for hydroxylation is 2. The predicted octanol–water partition coefficient (Wildman–Crippen LogP) is 2.99. The monoisotopic (exact) mass is 290 g/mol. The minimum absolute atomic E-state index is 0.282. The number of rotatable bonds is 3. The molecule has 2 aromatic carbocycles. The maximum absolute atomic E-state index is 12.4. The molecule has 106 valence electrons. The van der Waals surface area contributed by atoms with Crippen LogP contribution in [0.2, 0.25) is 0 Å². The van der Waals surface area contributed by atoms with E-state index in [1.54, 1.807) is 44.2 Å². The fourth-order valence-corrected chi connectivity index (χ4v) is 3.42. The second-order valence-electron chi connectivity index (χ2n) is 4.89. The molecule has 0 saturated heterocycles. The van der Waals surface area contributed by atoms with Crippen molar-refractivity contribution in [3.8, 4) is 0 Å². The van der Waals surface area contributed by atoms with Crippen molar-refractivity contribution in [3.63, 3.8) is 0 Å². The lowest BCUT2D eigenvalue weighted by molar-refractivity contribution is 0.600. The lowest BCUT2D eigenvalue weighted by Crippen LogP contribution is -2.15. The van der Waals surface area contributed by atoms with Gasteiger partial charge in [0, 0.05) is 5.69 Å². The van der Waals surface area contributed by atoms with E-state index in [-0.39, 0.29) is 4.90 Å². The molecule has 0 bridgehead atoms. The molecule has 3 N–H and O–H groups in total. The van der Waals surface area contributed by atoms with Crippen molar-refractivity contribution >= 4 is 21.4 Å². The van der Waals surface area contributed by atoms with Crippen LogP contribution in [0, 0.1) is 20.8 Å². The van der Waals surface area contributed by atoms with E-state index in [1.807, 2.05) is 13.0 Å². The maximum atomic E-state index is 12.4. The highest BCUT2D eigenvalue weighted by atomic mass is 32.2. The minimum atomic E-state index is -3.61. The SMILES string of the molecule is Cc1ccc(S(=O)(=O)Nc2cccc(N)c2C)c(C)c1. The summed E-state index contributed by atoms with van der Waals surface area (Å²) in [5.74, 6) is 0. The van der Waals surface area contributed by atoms with Gasteiger partial charge in [0.25, 0.3) is 10.0 Å². The van der Waals surface area contributed by atoms with Gasteiger partial charge in [-0.2, -0.15) is 0 Å². The number of hydrogen-bond acceptors (Lipinski definition) is 3. The van der Waals surface area contributed by atoms with E-state index in [0.717, 1.165) is 16.7 Å². The first-order valence-corrected chi connectivity index (χ1v) is 7.75. The number of nitrogen functional groups attached to an aromatic ring is 1. The molecular weight excluding hydrogens is 272 g/mol. The standard InChI is InChI=1S/C15H18N2O2S/c1-10-7-8-15(11(2)9-10)20(18,19)17-14-6-4-5-13(16)12(14)3/h4-9,17H,16H2,1-3H3. The topological polar surface area (TPSA) is 72.2 Å². The smallest absolute Gasteiger partial charge is 0.262 e. The highest BCUT2D eigenvalue weighted by Gasteiger charge is 2.18. The average molecular weight is 290 g/mol. The Morgan fingerprint density at radius 3 is 2.40 bits per heavy atom. The second-order valence-corrected chi connectivity index (χ2v) is 6.55. The van der Waals surface area contributed by atoms with Crippen molar-refractivity contribution in [2.75, 3.05) is 10.5 Å². The summed E-state index contributed by atoms with van der Waals surface area (Å²) in [5.41, 5.74) is 9.33. The van der Waals surface area contributed by atoms with Crippen molar-refractivity contribution < 1.29 is 8.42 Å². The van der Waals surface area contributed by atoms with Crippen molar-refractivity contribution in [2.45, 2.75) is 25.7 Å². The van der Waals surface area contributed by atoms with E-state index >= 15 is 0 Å². The molecule has 0 saturated carbocycles. The van der Waals surface area contributed by atoms with Crippen LogP contribution in [0.15, 0.2) is 41.3 Å². The number of sulfonamides is 1. The van der Waals surface area contributed by atoms with Gasteiger partial charge in [-0.1, -0.05) is 23.8 Å². The molecule has 5 heteroatoms. The summed E-state index contributed by atoms with van der Waals surface area (Å²) in [6.45, 7) is 5.50. The number of anilines is 2. The molecule has 0 aliphatic carbocycles. The van der Waals surface area contributed by atoms with Crippen molar-refractivity contribution in [1.82, 2.24) is 0 Å². The van der Waals surface area contributed by atoms with Gasteiger partial charge in [0.2, 0.25) is 0 Å². The Morgan fingerprint density at radius 2 is 1.75 bits per heavy atom. The molecule has 0 radical (unpaired) electrons. The highest BCUT2D eigenvalue weighted by molar-refractivity contribution is 7.92. The summed E-state index contributed by atoms with van der Waals surface area (Å²) < 4.78 is 27.5. The van der Waals surface area contributed by atoms with E-state index in [9.17, 15) is 8.42 Å². The Bertz CT molecular complexity index is 752. The molecule has 0 amide bonds. The molecule has 0 fully saturated rings. The van der Waals surface area contributed by atoms with Gasteiger partial charge in [0.05, 0.1) is 10.6 Å². The molecular formula is C15H18N2O2S. The Morgan fingerprint density at radius 1 is 1.05 bits per heavy atom. The van der Waals surface area contributed by atoms with E-state index in [0.29, 0.717) is 11.4 Å². The van der Waals surface area contributed by atoms with Crippen LogP contribution in [-0.4, -0.2) is 8.42 Å². The molecule has 0 atom stereocenters. The number of nitrogens with two attached hydrogens (primary N) is 1. The summed E-state index contributed by atoms with van der Waals surface area (Å²) in [6, 6.07) is 10.4. The van der Waals surface area contributed by atoms with Gasteiger partial charge in [-0.25, -0.2) is 8.42 Å². The number of hydrogen-bond donors (Lipinski definition) is 2. The third-order valence-corrected chi connectivity index (χ3v) is 4.77. The zero-order valence-electron chi connectivity index (χ0n) is 11.8. The van der Waals surface area contributed by atoms with Crippen LogP contribution in [0.5, 0.6) is 0 Å². The van der Waals surface area contributed by atoms with E-state index in [4.69, 9.17) is 5.73 Å². The Hall–Kier alpha value is -2.01. The van der Waals surface area contributed by atoms with Gasteiger partial charge in [-0.15, -0.1) is 0 Å². The van der Waals surface area contributed by atoms with Crippen LogP contribution in [0.4, 0.5) is 11.4 Å². The first-order valence-electron chi connectivity index (χ1n) is 6.26. The largest absolute Gasteiger partial charge is 0.398 e. The molecule has 0 aliphatic heterocycles. The van der Waals surface area contributed by atoms with Crippen LogP contribution in [0.3, 0.4) is 0 Å². The van der Waals surface area contributed by atoms with Crippen LogP contribution in [-0.2, 0) is 10.0 Å². The molecule has 20 heavy (non-hydrogen) atoms. The average Bonchev–Trinajstić information content (AvgIpc) is 2.34. The lowest BCUT2D eigenvalue weighted by atomic mass is 10.2. The summed E-state index contributed by atoms with van der Waals surface area (Å²) in [5, 5.41) is 0. The van der Waals surface area contributed by atoms with E-state index < -0.39 is 10.0 Å². The maximum Gasteiger partial charge on any atom is 0.262 e. The third kappa shape index (κ3) is 2.77. The summed E-state index contributed by atoms with van der Waals surface area (Å²) >= 11 is 0. The van der Waals surface area contributed by atoms with E-state index in [2.05, 4.69) is 4.72 Å². The molecule has 0 heterocycles. The molecule has 2 rings (SSSR count). The quantitative estimate of drug-likeness (QED) is 0.854. The van der Waals surface area contributed by atoms with Crippen molar-refractivity contribution in [1.29, 1.82) is 0 Å². The normalized spacial score (nSPS) is 11.3. The van der Waals surface area contributed by atoms with Crippen LogP contribution < -0.4 is 10.5 Å². The molecule has 0 aromatic heterocycles. The van der Waals surface area contributed by atoms with Crippen LogP contribution in [0.1, 0.15) is 16.7 Å². The van der Waals surface area contributed by atoms with Gasteiger partial charge < -0.3 is 5.73 Å². The summed E-state index contributed by atoms with van der Waals surface area (Å²) in [7, 11) is -3.61. The van der Waals surface area contributed by atoms with Crippen LogP contribution in [0.25, 0.3) is 0 Å². The highest BCUT2D eigenvalue weighted by Crippen LogP contribution is 2.25. The van der Waals surface area contributed by atoms with Crippen molar-refractivity contribution in [3.05, 3.63) is 53.1 Å². The number of nitrogens with one attached hydrogen (secondary N) is 1. The fourth-order valence-electron chi connectivity index (χ4n) is 2.06. The molecule has 4 nitrogen and oxygen atoms in total. The predicted molar refractivity (Wildman–Crippen MR) is 82.3 cm³/mol. The van der Waals surface area contributed by atoms with Crippen molar-refractivity contribution in [2.24, 2.45) is 0 Å². The summed E-state index contributed by atoms with van der Waals surface area (Å²) in [4.78, 5) is 0.282. The Labute approximate surface area is 119 Å². The van der Waals surface area contributed by atoms with Gasteiger partial charge >= 0.3 is 0 Å². The molecule has 0 aliphatic rings. The zero-order chi connectivity index (χ0) is 14.9. The Balaban J connectivity index is 2.44. The molecule has 2 aromatic rings. The van der Waals surface area contributed by atoms with E-state index in [1.165, 1.54) is 0 Å². The lowest BCUT2D eigenvalue weighted by Gasteiger charge is -2.13. The van der Waals surface area contributed by atoms with Crippen LogP contribution >= 0.6 is 0 Å². The molecule has 0 unspecified atom stereocenters. The number of benzene rings is 2. The Kier molecular flexibility index (Phi) is 3.72. The second kappa shape index (κ2) is 5.17. The molecule has 0 spiro atoms. The zero-order valence-corrected chi connectivity index (χ0v) is 12.6.